The normalized spacial score (nSPS) is 10.7. The zero-order valence-corrected chi connectivity index (χ0v) is 12.4. The smallest absolute Gasteiger partial charge is 0.302 e. The Morgan fingerprint density at radius 2 is 2.04 bits per heavy atom. The summed E-state index contributed by atoms with van der Waals surface area (Å²) in [5, 5.41) is 2.30. The summed E-state index contributed by atoms with van der Waals surface area (Å²) in [5.41, 5.74) is -1.00. The summed E-state index contributed by atoms with van der Waals surface area (Å²) in [6.07, 6.45) is -0.967. The number of imidazole rings is 1. The molecule has 0 aromatic carbocycles. The van der Waals surface area contributed by atoms with Crippen LogP contribution in [0.4, 0.5) is 10.3 Å². The summed E-state index contributed by atoms with van der Waals surface area (Å²) in [6.45, 7) is 2.23. The van der Waals surface area contributed by atoms with Crippen molar-refractivity contribution >= 4 is 29.0 Å². The van der Waals surface area contributed by atoms with Crippen molar-refractivity contribution in [3.05, 3.63) is 16.4 Å². The van der Waals surface area contributed by atoms with E-state index in [1.165, 1.54) is 13.8 Å². The number of hydrogen-bond acceptors (Lipinski definition) is 7. The first-order chi connectivity index (χ1) is 10.9. The van der Waals surface area contributed by atoms with Crippen molar-refractivity contribution in [1.82, 2.24) is 19.5 Å². The molecule has 0 aliphatic carbocycles. The Labute approximate surface area is 128 Å². The largest absolute Gasteiger partial charge is 0.463 e. The molecule has 2 heterocycles. The Kier molecular flexibility index (Phi) is 5.01. The van der Waals surface area contributed by atoms with Gasteiger partial charge in [0.25, 0.3) is 11.6 Å². The molecule has 2 rings (SSSR count). The first-order valence-electron chi connectivity index (χ1n) is 6.53. The Hall–Kier alpha value is -2.82. The summed E-state index contributed by atoms with van der Waals surface area (Å²) >= 11 is 0. The highest BCUT2D eigenvalue weighted by Crippen LogP contribution is 2.11. The van der Waals surface area contributed by atoms with Crippen LogP contribution in [0.25, 0.3) is 11.2 Å². The van der Waals surface area contributed by atoms with Gasteiger partial charge >= 0.3 is 5.97 Å². The van der Waals surface area contributed by atoms with Gasteiger partial charge in [0, 0.05) is 13.8 Å². The molecule has 0 unspecified atom stereocenters. The van der Waals surface area contributed by atoms with Gasteiger partial charge in [0.2, 0.25) is 11.9 Å². The first-order valence-corrected chi connectivity index (χ1v) is 6.53. The van der Waals surface area contributed by atoms with Crippen LogP contribution in [0.5, 0.6) is 0 Å². The highest BCUT2D eigenvalue weighted by atomic mass is 19.1. The highest BCUT2D eigenvalue weighted by molar-refractivity contribution is 5.87. The molecule has 2 aromatic heterocycles. The van der Waals surface area contributed by atoms with Crippen LogP contribution in [0.1, 0.15) is 13.8 Å². The molecular formula is C12H14FN5O5. The SMILES string of the molecule is CC(=O)Nc1nc2c(nc(F)n2COCCOC(C)=O)c(=O)[nH]1. The third-order valence-electron chi connectivity index (χ3n) is 2.61. The molecule has 2 aromatic rings. The minimum atomic E-state index is -0.967. The Bertz CT molecular complexity index is 799. The number of nitrogens with one attached hydrogen (secondary N) is 2. The minimum absolute atomic E-state index is 0.00867. The molecule has 124 valence electrons. The van der Waals surface area contributed by atoms with Gasteiger partial charge in [-0.1, -0.05) is 0 Å². The predicted molar refractivity (Wildman–Crippen MR) is 75.0 cm³/mol. The molecule has 0 aliphatic heterocycles. The quantitative estimate of drug-likeness (QED) is 0.425. The number of ether oxygens (including phenoxy) is 2. The van der Waals surface area contributed by atoms with Gasteiger partial charge in [0.1, 0.15) is 13.3 Å². The van der Waals surface area contributed by atoms with E-state index in [0.717, 1.165) is 4.57 Å². The van der Waals surface area contributed by atoms with Crippen LogP contribution in [-0.4, -0.2) is 44.6 Å². The summed E-state index contributed by atoms with van der Waals surface area (Å²) in [5.74, 6) is -1.03. The number of amides is 1. The molecule has 0 saturated carbocycles. The number of carbonyl (C=O) groups is 2. The number of esters is 1. The van der Waals surface area contributed by atoms with Crippen LogP contribution < -0.4 is 10.9 Å². The number of halogens is 1. The van der Waals surface area contributed by atoms with E-state index >= 15 is 0 Å². The molecular weight excluding hydrogens is 313 g/mol. The number of aromatic nitrogens is 4. The second kappa shape index (κ2) is 6.96. The van der Waals surface area contributed by atoms with Crippen molar-refractivity contribution in [2.24, 2.45) is 0 Å². The number of carbonyl (C=O) groups excluding carboxylic acids is 2. The van der Waals surface area contributed by atoms with Gasteiger partial charge in [-0.05, 0) is 0 Å². The number of fused-ring (bicyclic) bond motifs is 1. The Balaban J connectivity index is 2.19. The Morgan fingerprint density at radius 1 is 1.30 bits per heavy atom. The highest BCUT2D eigenvalue weighted by Gasteiger charge is 2.16. The molecule has 0 bridgehead atoms. The average molecular weight is 327 g/mol. The van der Waals surface area contributed by atoms with Crippen LogP contribution in [0.2, 0.25) is 0 Å². The van der Waals surface area contributed by atoms with E-state index in [1.807, 2.05) is 0 Å². The fraction of sp³-hybridized carbons (Fsp3) is 0.417. The maximum atomic E-state index is 13.8. The van der Waals surface area contributed by atoms with E-state index in [2.05, 4.69) is 25.0 Å². The van der Waals surface area contributed by atoms with Crippen molar-refractivity contribution in [3.8, 4) is 0 Å². The number of hydrogen-bond donors (Lipinski definition) is 2. The predicted octanol–water partition coefficient (Wildman–Crippen LogP) is -0.246. The van der Waals surface area contributed by atoms with Gasteiger partial charge in [-0.2, -0.15) is 14.4 Å². The van der Waals surface area contributed by atoms with Crippen LogP contribution in [0.15, 0.2) is 4.79 Å². The summed E-state index contributed by atoms with van der Waals surface area (Å²) in [6, 6.07) is 0. The zero-order valence-electron chi connectivity index (χ0n) is 12.4. The lowest BCUT2D eigenvalue weighted by atomic mass is 10.5. The number of rotatable bonds is 6. The second-order valence-corrected chi connectivity index (χ2v) is 4.45. The van der Waals surface area contributed by atoms with Crippen LogP contribution in [0.3, 0.4) is 0 Å². The molecule has 2 N–H and O–H groups in total. The van der Waals surface area contributed by atoms with Gasteiger partial charge < -0.3 is 9.47 Å². The van der Waals surface area contributed by atoms with Gasteiger partial charge in [0.15, 0.2) is 11.2 Å². The third kappa shape index (κ3) is 4.10. The summed E-state index contributed by atoms with van der Waals surface area (Å²) in [4.78, 5) is 43.1. The van der Waals surface area contributed by atoms with E-state index < -0.39 is 23.5 Å². The van der Waals surface area contributed by atoms with E-state index in [1.54, 1.807) is 0 Å². The van der Waals surface area contributed by atoms with Crippen molar-refractivity contribution in [3.63, 3.8) is 0 Å². The molecule has 0 saturated heterocycles. The van der Waals surface area contributed by atoms with E-state index in [9.17, 15) is 18.8 Å². The molecule has 10 nitrogen and oxygen atoms in total. The second-order valence-electron chi connectivity index (χ2n) is 4.45. The molecule has 11 heteroatoms. The number of H-pyrrole nitrogens is 1. The first kappa shape index (κ1) is 16.5. The maximum absolute atomic E-state index is 13.8. The fourth-order valence-corrected chi connectivity index (χ4v) is 1.72. The van der Waals surface area contributed by atoms with Crippen LogP contribution in [-0.2, 0) is 25.8 Å². The summed E-state index contributed by atoms with van der Waals surface area (Å²) in [7, 11) is 0. The maximum Gasteiger partial charge on any atom is 0.302 e. The van der Waals surface area contributed by atoms with Crippen molar-refractivity contribution in [2.75, 3.05) is 18.5 Å². The molecule has 0 atom stereocenters. The van der Waals surface area contributed by atoms with Crippen molar-refractivity contribution < 1.29 is 23.5 Å². The lowest BCUT2D eigenvalue weighted by Crippen LogP contribution is -2.17. The van der Waals surface area contributed by atoms with Gasteiger partial charge in [0.05, 0.1) is 6.61 Å². The number of aromatic amines is 1. The van der Waals surface area contributed by atoms with E-state index in [-0.39, 0.29) is 37.1 Å². The number of anilines is 1. The molecule has 0 aliphatic rings. The minimum Gasteiger partial charge on any atom is -0.463 e. The molecule has 0 spiro atoms. The Morgan fingerprint density at radius 3 is 2.70 bits per heavy atom. The lowest BCUT2D eigenvalue weighted by molar-refractivity contribution is -0.143. The molecule has 0 fully saturated rings. The monoisotopic (exact) mass is 327 g/mol. The molecule has 0 radical (unpaired) electrons. The van der Waals surface area contributed by atoms with Crippen molar-refractivity contribution in [1.29, 1.82) is 0 Å². The molecule has 23 heavy (non-hydrogen) atoms. The zero-order chi connectivity index (χ0) is 17.0. The van der Waals surface area contributed by atoms with Crippen LogP contribution in [0, 0.1) is 6.08 Å². The average Bonchev–Trinajstić information content (AvgIpc) is 2.75. The standard InChI is InChI=1S/C12H14FN5O5/c1-6(19)14-12-16-9-8(10(21)17-12)15-11(13)18(9)5-22-3-4-23-7(2)20/h3-5H2,1-2H3,(H2,14,16,17,19,21). The van der Waals surface area contributed by atoms with Gasteiger partial charge in [-0.25, -0.2) is 0 Å². The van der Waals surface area contributed by atoms with E-state index in [0.29, 0.717) is 0 Å². The van der Waals surface area contributed by atoms with Crippen LogP contribution >= 0.6 is 0 Å². The van der Waals surface area contributed by atoms with Crippen molar-refractivity contribution in [2.45, 2.75) is 20.6 Å². The topological polar surface area (TPSA) is 128 Å². The van der Waals surface area contributed by atoms with Gasteiger partial charge in [-0.3, -0.25) is 29.3 Å². The fourth-order valence-electron chi connectivity index (χ4n) is 1.72. The lowest BCUT2D eigenvalue weighted by Gasteiger charge is -2.07. The molecule has 1 amide bonds. The van der Waals surface area contributed by atoms with Gasteiger partial charge in [-0.15, -0.1) is 0 Å². The van der Waals surface area contributed by atoms with E-state index in [4.69, 9.17) is 4.74 Å². The summed E-state index contributed by atoms with van der Waals surface area (Å²) < 4.78 is 24.5. The number of nitrogens with zero attached hydrogens (tertiary/aromatic N) is 3. The third-order valence-corrected chi connectivity index (χ3v) is 2.61.